The Bertz CT molecular complexity index is 1620. The van der Waals surface area contributed by atoms with Crippen LogP contribution in [0.2, 0.25) is 0 Å². The number of carbonyl (C=O) groups is 1. The Morgan fingerprint density at radius 3 is 2.36 bits per heavy atom. The lowest BCUT2D eigenvalue weighted by Crippen LogP contribution is -2.28. The van der Waals surface area contributed by atoms with Crippen molar-refractivity contribution in [1.29, 1.82) is 0 Å². The Labute approximate surface area is 288 Å². The van der Waals surface area contributed by atoms with Gasteiger partial charge in [-0.25, -0.2) is 0 Å². The summed E-state index contributed by atoms with van der Waals surface area (Å²) in [6.45, 7) is 13.5. The van der Waals surface area contributed by atoms with E-state index in [0.717, 1.165) is 50.2 Å². The van der Waals surface area contributed by atoms with E-state index in [1.807, 2.05) is 0 Å². The minimum absolute atomic E-state index is 0.0667. The van der Waals surface area contributed by atoms with Gasteiger partial charge in [0.05, 0.1) is 5.41 Å². The molecular weight excluding hydrogens is 600 g/mol. The van der Waals surface area contributed by atoms with E-state index < -0.39 is 5.97 Å². The molecule has 1 aliphatic carbocycles. The summed E-state index contributed by atoms with van der Waals surface area (Å²) in [7, 11) is 0. The molecule has 0 saturated heterocycles. The molecule has 0 spiro atoms. The van der Waals surface area contributed by atoms with Crippen LogP contribution >= 0.6 is 11.6 Å². The zero-order chi connectivity index (χ0) is 33.6. The number of anilines is 1. The van der Waals surface area contributed by atoms with Crippen molar-refractivity contribution in [2.24, 2.45) is 0 Å². The summed E-state index contributed by atoms with van der Waals surface area (Å²) in [4.78, 5) is 13.5. The van der Waals surface area contributed by atoms with Crippen LogP contribution in [0.1, 0.15) is 116 Å². The highest BCUT2D eigenvalue weighted by Crippen LogP contribution is 2.48. The molecule has 2 heterocycles. The van der Waals surface area contributed by atoms with Gasteiger partial charge < -0.3 is 10.0 Å². The van der Waals surface area contributed by atoms with Gasteiger partial charge in [0.2, 0.25) is 5.69 Å². The Hall–Kier alpha value is -3.37. The molecule has 4 nitrogen and oxygen atoms in total. The zero-order valence-electron chi connectivity index (χ0n) is 29.2. The van der Waals surface area contributed by atoms with Crippen molar-refractivity contribution in [1.82, 2.24) is 0 Å². The molecule has 0 amide bonds. The van der Waals surface area contributed by atoms with Crippen molar-refractivity contribution in [3.63, 3.8) is 0 Å². The first-order chi connectivity index (χ1) is 22.6. The molecule has 2 aromatic carbocycles. The summed E-state index contributed by atoms with van der Waals surface area (Å²) in [5.41, 5.74) is 10.2. The predicted octanol–water partition coefficient (Wildman–Crippen LogP) is 11.1. The average Bonchev–Trinajstić information content (AvgIpc) is 3.40. The minimum Gasteiger partial charge on any atom is -0.481 e. The number of allylic oxidation sites excluding steroid dienone is 8. The molecule has 5 heteroatoms. The molecule has 5 rings (SSSR count). The normalized spacial score (nSPS) is 20.2. The van der Waals surface area contributed by atoms with E-state index in [1.54, 1.807) is 0 Å². The van der Waals surface area contributed by atoms with E-state index in [-0.39, 0.29) is 17.3 Å². The molecular formula is C42H54ClN2O2+. The molecule has 0 aromatic heterocycles. The van der Waals surface area contributed by atoms with Gasteiger partial charge in [0.25, 0.3) is 0 Å². The fourth-order valence-electron chi connectivity index (χ4n) is 7.75. The highest BCUT2D eigenvalue weighted by atomic mass is 35.5. The Balaban J connectivity index is 1.42. The predicted molar refractivity (Wildman–Crippen MR) is 198 cm³/mol. The number of hydrogen-bond acceptors (Lipinski definition) is 2. The van der Waals surface area contributed by atoms with E-state index in [4.69, 9.17) is 16.7 Å². The van der Waals surface area contributed by atoms with Crippen LogP contribution in [0.15, 0.2) is 94.7 Å². The quantitative estimate of drug-likeness (QED) is 0.163. The fraction of sp³-hybridized carbons (Fsp3) is 0.476. The number of nitrogens with zero attached hydrogens (tertiary/aromatic N) is 2. The summed E-state index contributed by atoms with van der Waals surface area (Å²) in [6.07, 6.45) is 20.0. The summed E-state index contributed by atoms with van der Waals surface area (Å²) >= 11 is 7.22. The van der Waals surface area contributed by atoms with Gasteiger partial charge in [0.15, 0.2) is 5.71 Å². The van der Waals surface area contributed by atoms with Gasteiger partial charge in [-0.05, 0) is 81.2 Å². The van der Waals surface area contributed by atoms with Crippen LogP contribution in [0.3, 0.4) is 0 Å². The first-order valence-electron chi connectivity index (χ1n) is 17.9. The number of unbranched alkanes of at least 4 members (excludes halogenated alkanes) is 5. The summed E-state index contributed by atoms with van der Waals surface area (Å²) in [5.74, 6) is -0.716. The number of carboxylic acid groups (broad SMARTS) is 1. The lowest BCUT2D eigenvalue weighted by molar-refractivity contribution is -0.438. The van der Waals surface area contributed by atoms with E-state index in [2.05, 4.69) is 117 Å². The van der Waals surface area contributed by atoms with E-state index in [9.17, 15) is 4.79 Å². The molecule has 0 unspecified atom stereocenters. The van der Waals surface area contributed by atoms with Crippen molar-refractivity contribution >= 4 is 34.7 Å². The monoisotopic (exact) mass is 653 g/mol. The van der Waals surface area contributed by atoms with Crippen LogP contribution in [-0.4, -0.2) is 34.5 Å². The van der Waals surface area contributed by atoms with Crippen molar-refractivity contribution in [2.45, 2.75) is 116 Å². The number of hydrogen-bond donors (Lipinski definition) is 1. The lowest BCUT2D eigenvalue weighted by atomic mass is 9.81. The molecule has 2 aromatic rings. The van der Waals surface area contributed by atoms with Gasteiger partial charge in [-0.3, -0.25) is 4.79 Å². The second kappa shape index (κ2) is 15.2. The SMILES string of the molecule is CCCCCC[N+]1=C(/C=C/C2=C(Cl)C(=C/C=C3\N(CCCCCC(=O)O)c4ccccc4C3(C)C)/CCC2)C(C)(C)c2ccccc21. The van der Waals surface area contributed by atoms with Gasteiger partial charge in [-0.15, -0.1) is 0 Å². The number of aliphatic carboxylic acids is 1. The number of fused-ring (bicyclic) bond motifs is 2. The fourth-order valence-corrected chi connectivity index (χ4v) is 8.07. The second-order valence-corrected chi connectivity index (χ2v) is 14.9. The zero-order valence-corrected chi connectivity index (χ0v) is 30.0. The molecule has 0 radical (unpaired) electrons. The van der Waals surface area contributed by atoms with Gasteiger partial charge >= 0.3 is 5.97 Å². The number of halogens is 1. The second-order valence-electron chi connectivity index (χ2n) is 14.5. The van der Waals surface area contributed by atoms with Crippen molar-refractivity contribution < 1.29 is 14.5 Å². The van der Waals surface area contributed by atoms with Crippen molar-refractivity contribution in [2.75, 3.05) is 18.0 Å². The van der Waals surface area contributed by atoms with Gasteiger partial charge in [-0.2, -0.15) is 4.58 Å². The van der Waals surface area contributed by atoms with Gasteiger partial charge in [0, 0.05) is 58.9 Å². The smallest absolute Gasteiger partial charge is 0.303 e. The summed E-state index contributed by atoms with van der Waals surface area (Å²) in [6, 6.07) is 17.6. The third-order valence-corrected chi connectivity index (χ3v) is 10.9. The van der Waals surface area contributed by atoms with Crippen LogP contribution < -0.4 is 4.90 Å². The maximum Gasteiger partial charge on any atom is 0.303 e. The van der Waals surface area contributed by atoms with Crippen LogP contribution in [-0.2, 0) is 15.6 Å². The minimum atomic E-state index is -0.716. The number of rotatable bonds is 14. The van der Waals surface area contributed by atoms with Crippen molar-refractivity contribution in [3.8, 4) is 0 Å². The van der Waals surface area contributed by atoms with Crippen LogP contribution in [0.5, 0.6) is 0 Å². The molecule has 47 heavy (non-hydrogen) atoms. The average molecular weight is 654 g/mol. The number of carboxylic acids is 1. The van der Waals surface area contributed by atoms with E-state index in [1.165, 1.54) is 70.7 Å². The summed E-state index contributed by atoms with van der Waals surface area (Å²) in [5, 5.41) is 9.95. The molecule has 0 fully saturated rings. The highest BCUT2D eigenvalue weighted by molar-refractivity contribution is 6.32. The molecule has 0 bridgehead atoms. The van der Waals surface area contributed by atoms with Gasteiger partial charge in [0.1, 0.15) is 6.54 Å². The molecule has 0 atom stereocenters. The molecule has 250 valence electrons. The Kier molecular flexibility index (Phi) is 11.3. The molecule has 3 aliphatic rings. The number of para-hydroxylation sites is 2. The molecule has 1 N–H and O–H groups in total. The first kappa shape index (κ1) is 35.0. The van der Waals surface area contributed by atoms with Crippen LogP contribution in [0.4, 0.5) is 11.4 Å². The van der Waals surface area contributed by atoms with Crippen molar-refractivity contribution in [3.05, 3.63) is 106 Å². The standard InChI is InChI=1S/C42H53ClN2O2/c1-6-7-8-15-29-44-35-22-13-11-20-33(35)41(2,3)37(44)27-25-31-18-17-19-32(40(31)43)26-28-38-42(4,5)34-21-12-14-23-36(34)45(38)30-16-9-10-24-39(46)47/h11-14,20-23,25-28H,6-10,15-19,24,29-30H2,1-5H3/p+1. The summed E-state index contributed by atoms with van der Waals surface area (Å²) < 4.78 is 2.55. The van der Waals surface area contributed by atoms with Gasteiger partial charge in [-0.1, -0.05) is 100 Å². The molecule has 0 saturated carbocycles. The van der Waals surface area contributed by atoms with Crippen LogP contribution in [0.25, 0.3) is 0 Å². The molecule has 2 aliphatic heterocycles. The Morgan fingerprint density at radius 1 is 0.872 bits per heavy atom. The largest absolute Gasteiger partial charge is 0.481 e. The number of benzene rings is 2. The topological polar surface area (TPSA) is 43.5 Å². The highest BCUT2D eigenvalue weighted by Gasteiger charge is 2.44. The third-order valence-electron chi connectivity index (χ3n) is 10.4. The maximum absolute atomic E-state index is 11.0. The first-order valence-corrected chi connectivity index (χ1v) is 18.3. The third kappa shape index (κ3) is 7.54. The Morgan fingerprint density at radius 2 is 1.60 bits per heavy atom. The van der Waals surface area contributed by atoms with E-state index >= 15 is 0 Å². The van der Waals surface area contributed by atoms with E-state index in [0.29, 0.717) is 6.42 Å². The lowest BCUT2D eigenvalue weighted by Gasteiger charge is -2.27. The maximum atomic E-state index is 11.0. The van der Waals surface area contributed by atoms with Crippen LogP contribution in [0, 0.1) is 0 Å².